The van der Waals surface area contributed by atoms with Crippen LogP contribution in [0, 0.1) is 29.6 Å². The van der Waals surface area contributed by atoms with E-state index in [1.54, 1.807) is 6.92 Å². The summed E-state index contributed by atoms with van der Waals surface area (Å²) in [6.07, 6.45) is 9.93. The maximum Gasteiger partial charge on any atom is 0.408 e. The Labute approximate surface area is 266 Å². The first-order valence-electron chi connectivity index (χ1n) is 16.0. The molecule has 4 fully saturated rings. The van der Waals surface area contributed by atoms with Crippen LogP contribution in [0.25, 0.3) is 0 Å². The van der Waals surface area contributed by atoms with Crippen LogP contribution in [0.5, 0.6) is 0 Å². The number of amides is 1. The molecule has 4 bridgehead atoms. The molecule has 13 nitrogen and oxygen atoms in total. The maximum absolute atomic E-state index is 13.3. The molecule has 0 aromatic rings. The minimum absolute atomic E-state index is 0.0537. The van der Waals surface area contributed by atoms with Gasteiger partial charge in [0.2, 0.25) is 0 Å². The van der Waals surface area contributed by atoms with E-state index in [1.807, 2.05) is 13.8 Å². The van der Waals surface area contributed by atoms with Gasteiger partial charge in [0.25, 0.3) is 20.2 Å². The molecule has 45 heavy (non-hydrogen) atoms. The molecule has 4 aliphatic rings. The Morgan fingerprint density at radius 1 is 0.911 bits per heavy atom. The Kier molecular flexibility index (Phi) is 10.9. The number of carbonyl (C=O) groups is 3. The van der Waals surface area contributed by atoms with Crippen LogP contribution >= 0.6 is 0 Å². The number of hydrogen-bond acceptors (Lipinski definition) is 10. The molecular weight excluding hydrogens is 630 g/mol. The molecule has 0 aliphatic heterocycles. The first-order valence-corrected chi connectivity index (χ1v) is 19.2. The van der Waals surface area contributed by atoms with Crippen molar-refractivity contribution in [2.24, 2.45) is 29.6 Å². The van der Waals surface area contributed by atoms with Crippen molar-refractivity contribution in [3.05, 3.63) is 0 Å². The average Bonchev–Trinajstić information content (AvgIpc) is 2.83. The molecule has 1 amide bonds. The topological polar surface area (TPSA) is 200 Å². The van der Waals surface area contributed by atoms with E-state index < -0.39 is 66.5 Å². The number of carbonyl (C=O) groups excluding carboxylic acids is 3. The van der Waals surface area contributed by atoms with Gasteiger partial charge in [-0.05, 0) is 95.3 Å². The SMILES string of the molecule is CC(C)(CCC1CC2CCCC(C2)C1COC(=O)CS(=O)(=O)O)OC(=O)NC12CCCC(C1)CC(C)(OC(=O)CS(=O)(=O)O)C2. The van der Waals surface area contributed by atoms with Gasteiger partial charge in [0.05, 0.1) is 6.61 Å². The minimum atomic E-state index is -4.53. The number of rotatable bonds is 12. The Morgan fingerprint density at radius 3 is 2.27 bits per heavy atom. The van der Waals surface area contributed by atoms with Crippen molar-refractivity contribution in [3.63, 3.8) is 0 Å². The predicted molar refractivity (Wildman–Crippen MR) is 162 cm³/mol. The quantitative estimate of drug-likeness (QED) is 0.152. The molecule has 0 heterocycles. The second kappa shape index (κ2) is 13.6. The smallest absolute Gasteiger partial charge is 0.408 e. The molecule has 4 aliphatic carbocycles. The lowest BCUT2D eigenvalue weighted by Crippen LogP contribution is -2.60. The maximum atomic E-state index is 13.3. The van der Waals surface area contributed by atoms with E-state index in [-0.39, 0.29) is 24.4 Å². The Bertz CT molecular complexity index is 1330. The zero-order valence-corrected chi connectivity index (χ0v) is 28.1. The highest BCUT2D eigenvalue weighted by Crippen LogP contribution is 2.50. The van der Waals surface area contributed by atoms with Crippen LogP contribution in [0.1, 0.15) is 104 Å². The Balaban J connectivity index is 1.35. The van der Waals surface area contributed by atoms with E-state index in [4.69, 9.17) is 23.3 Å². The predicted octanol–water partition coefficient (Wildman–Crippen LogP) is 4.06. The third kappa shape index (κ3) is 10.8. The molecule has 0 spiro atoms. The van der Waals surface area contributed by atoms with E-state index in [0.29, 0.717) is 43.9 Å². The summed E-state index contributed by atoms with van der Waals surface area (Å²) >= 11 is 0. The highest BCUT2D eigenvalue weighted by Gasteiger charge is 2.51. The van der Waals surface area contributed by atoms with Crippen molar-refractivity contribution >= 4 is 38.3 Å². The number of hydrogen-bond donors (Lipinski definition) is 3. The standard InChI is InChI=1S/C30H49NO12S2/c1-28(2,11-9-23-13-20-6-4-8-22(12-20)24(23)16-41-25(32)17-44(35,36)37)43-27(34)31-30-10-5-7-21(15-30)14-29(3,19-30)42-26(33)18-45(38,39)40/h20-24H,4-19H2,1-3H3,(H,31,34)(H,35,36,37)(H,38,39,40). The summed E-state index contributed by atoms with van der Waals surface area (Å²) in [6.45, 7) is 5.52. The van der Waals surface area contributed by atoms with Crippen LogP contribution in [0.3, 0.4) is 0 Å². The molecule has 4 saturated carbocycles. The fourth-order valence-electron chi connectivity index (χ4n) is 8.89. The van der Waals surface area contributed by atoms with Crippen LogP contribution in [0.4, 0.5) is 4.79 Å². The molecule has 0 aromatic carbocycles. The largest absolute Gasteiger partial charge is 0.465 e. The lowest BCUT2D eigenvalue weighted by Gasteiger charge is -2.52. The molecule has 0 aromatic heterocycles. The summed E-state index contributed by atoms with van der Waals surface area (Å²) in [6, 6.07) is 0. The van der Waals surface area contributed by atoms with Gasteiger partial charge in [-0.25, -0.2) is 4.79 Å². The van der Waals surface area contributed by atoms with Gasteiger partial charge < -0.3 is 19.5 Å². The van der Waals surface area contributed by atoms with Crippen LogP contribution < -0.4 is 5.32 Å². The third-order valence-corrected chi connectivity index (χ3v) is 11.5. The molecule has 3 N–H and O–H groups in total. The minimum Gasteiger partial charge on any atom is -0.465 e. The molecule has 258 valence electrons. The number of esters is 2. The van der Waals surface area contributed by atoms with Crippen molar-refractivity contribution < 1.29 is 54.5 Å². The van der Waals surface area contributed by atoms with Crippen LogP contribution in [-0.4, -0.2) is 78.8 Å². The molecule has 4 rings (SSSR count). The summed E-state index contributed by atoms with van der Waals surface area (Å²) in [5.41, 5.74) is -2.51. The molecule has 15 heteroatoms. The van der Waals surface area contributed by atoms with Gasteiger partial charge in [-0.3, -0.25) is 18.7 Å². The summed E-state index contributed by atoms with van der Waals surface area (Å²) in [7, 11) is -8.99. The Hall–Kier alpha value is -1.97. The molecule has 0 saturated heterocycles. The van der Waals surface area contributed by atoms with Gasteiger partial charge >= 0.3 is 18.0 Å². The van der Waals surface area contributed by atoms with Gasteiger partial charge in [-0.1, -0.05) is 32.1 Å². The monoisotopic (exact) mass is 679 g/mol. The first-order chi connectivity index (χ1) is 20.7. The van der Waals surface area contributed by atoms with Crippen molar-refractivity contribution in [3.8, 4) is 0 Å². The summed E-state index contributed by atoms with van der Waals surface area (Å²) in [5, 5.41) is 3.08. The van der Waals surface area contributed by atoms with E-state index in [9.17, 15) is 31.2 Å². The van der Waals surface area contributed by atoms with Gasteiger partial charge in [-0.15, -0.1) is 0 Å². The van der Waals surface area contributed by atoms with E-state index in [1.165, 1.54) is 0 Å². The number of fused-ring (bicyclic) bond motifs is 4. The fraction of sp³-hybridized carbons (Fsp3) is 0.900. The first kappa shape index (κ1) is 35.9. The van der Waals surface area contributed by atoms with Gasteiger partial charge in [0, 0.05) is 12.0 Å². The second-order valence-electron chi connectivity index (χ2n) is 14.9. The van der Waals surface area contributed by atoms with Gasteiger partial charge in [0.1, 0.15) is 11.2 Å². The van der Waals surface area contributed by atoms with E-state index in [2.05, 4.69) is 5.32 Å². The number of ether oxygens (including phenoxy) is 3. The summed E-state index contributed by atoms with van der Waals surface area (Å²) in [4.78, 5) is 37.6. The zero-order valence-electron chi connectivity index (χ0n) is 26.5. The van der Waals surface area contributed by atoms with Crippen molar-refractivity contribution in [1.82, 2.24) is 5.32 Å². The number of alkyl carbamates (subject to hydrolysis) is 1. The molecule has 7 unspecified atom stereocenters. The number of nitrogens with one attached hydrogen (secondary N) is 1. The van der Waals surface area contributed by atoms with Crippen molar-refractivity contribution in [2.45, 2.75) is 121 Å². The van der Waals surface area contributed by atoms with Crippen LogP contribution in [-0.2, 0) is 44.0 Å². The van der Waals surface area contributed by atoms with Crippen molar-refractivity contribution in [1.29, 1.82) is 0 Å². The van der Waals surface area contributed by atoms with Gasteiger partial charge in [-0.2, -0.15) is 16.8 Å². The third-order valence-electron chi connectivity index (χ3n) is 10.3. The van der Waals surface area contributed by atoms with E-state index >= 15 is 0 Å². The fourth-order valence-corrected chi connectivity index (χ4v) is 9.63. The summed E-state index contributed by atoms with van der Waals surface area (Å²) in [5.74, 6) is -2.83. The highest BCUT2D eigenvalue weighted by atomic mass is 32.2. The normalized spacial score (nSPS) is 33.5. The lowest BCUT2D eigenvalue weighted by atomic mass is 9.61. The average molecular weight is 680 g/mol. The van der Waals surface area contributed by atoms with Crippen molar-refractivity contribution in [2.75, 3.05) is 18.1 Å². The zero-order chi connectivity index (χ0) is 33.3. The molecular formula is C30H49NO12S2. The summed E-state index contributed by atoms with van der Waals surface area (Å²) < 4.78 is 79.5. The lowest BCUT2D eigenvalue weighted by molar-refractivity contribution is -0.165. The van der Waals surface area contributed by atoms with Gasteiger partial charge in [0.15, 0.2) is 11.5 Å². The second-order valence-corrected chi connectivity index (χ2v) is 17.9. The highest BCUT2D eigenvalue weighted by molar-refractivity contribution is 7.86. The molecule has 7 atom stereocenters. The molecule has 0 radical (unpaired) electrons. The Morgan fingerprint density at radius 2 is 1.58 bits per heavy atom. The van der Waals surface area contributed by atoms with Crippen LogP contribution in [0.2, 0.25) is 0 Å². The van der Waals surface area contributed by atoms with Crippen LogP contribution in [0.15, 0.2) is 0 Å². The van der Waals surface area contributed by atoms with E-state index in [0.717, 1.165) is 51.4 Å².